The number of rotatable bonds is 5. The molecule has 3 N–H and O–H groups in total. The number of fused-ring (bicyclic) bond motifs is 1. The van der Waals surface area contributed by atoms with E-state index in [-0.39, 0.29) is 34.4 Å². The van der Waals surface area contributed by atoms with Crippen molar-refractivity contribution in [1.29, 1.82) is 0 Å². The standard InChI is InChI=1S/C20H17F2N7O4S/c1-9-15-17(27-20(23)25-9)29(2)19(30)16(26-15)10-6-13(18(33-3)24-8-10)28-34(31,32)14-5-4-11(21)7-12(14)22/h4-8,28H,1-3H3,(H2,23,25,27). The van der Waals surface area contributed by atoms with Crippen LogP contribution in [0.15, 0.2) is 40.2 Å². The van der Waals surface area contributed by atoms with Gasteiger partial charge in [0, 0.05) is 24.9 Å². The molecule has 0 spiro atoms. The summed E-state index contributed by atoms with van der Waals surface area (Å²) in [5, 5.41) is 0. The van der Waals surface area contributed by atoms with Crippen molar-refractivity contribution in [3.8, 4) is 17.1 Å². The summed E-state index contributed by atoms with van der Waals surface area (Å²) in [7, 11) is -1.79. The number of pyridine rings is 1. The molecule has 3 aromatic heterocycles. The summed E-state index contributed by atoms with van der Waals surface area (Å²) in [6, 6.07) is 3.30. The number of ether oxygens (including phenoxy) is 1. The van der Waals surface area contributed by atoms with E-state index >= 15 is 0 Å². The van der Waals surface area contributed by atoms with Crippen LogP contribution < -0.4 is 20.8 Å². The van der Waals surface area contributed by atoms with Gasteiger partial charge in [-0.3, -0.25) is 14.1 Å². The number of hydrogen-bond acceptors (Lipinski definition) is 9. The van der Waals surface area contributed by atoms with Gasteiger partial charge in [0.05, 0.1) is 12.8 Å². The predicted octanol–water partition coefficient (Wildman–Crippen LogP) is 1.76. The predicted molar refractivity (Wildman–Crippen MR) is 119 cm³/mol. The lowest BCUT2D eigenvalue weighted by atomic mass is 10.2. The van der Waals surface area contributed by atoms with E-state index in [9.17, 15) is 22.0 Å². The zero-order valence-corrected chi connectivity index (χ0v) is 18.8. The molecule has 4 rings (SSSR count). The van der Waals surface area contributed by atoms with E-state index in [1.807, 2.05) is 0 Å². The van der Waals surface area contributed by atoms with Crippen LogP contribution in [0.25, 0.3) is 22.4 Å². The fourth-order valence-corrected chi connectivity index (χ4v) is 4.36. The number of benzene rings is 1. The van der Waals surface area contributed by atoms with Crippen molar-refractivity contribution < 1.29 is 21.9 Å². The van der Waals surface area contributed by atoms with Crippen LogP contribution in [0.3, 0.4) is 0 Å². The smallest absolute Gasteiger partial charge is 0.278 e. The maximum absolute atomic E-state index is 14.1. The number of aryl methyl sites for hydroxylation is 2. The van der Waals surface area contributed by atoms with Crippen LogP contribution >= 0.6 is 0 Å². The Morgan fingerprint density at radius 2 is 1.88 bits per heavy atom. The second-order valence-electron chi connectivity index (χ2n) is 7.13. The number of halogens is 2. The van der Waals surface area contributed by atoms with Gasteiger partial charge in [0.25, 0.3) is 15.6 Å². The van der Waals surface area contributed by atoms with Crippen LogP contribution in [0.5, 0.6) is 5.88 Å². The Bertz CT molecular complexity index is 1620. The second-order valence-corrected chi connectivity index (χ2v) is 8.78. The topological polar surface area (TPSA) is 155 Å². The van der Waals surface area contributed by atoms with Gasteiger partial charge in [0.2, 0.25) is 11.8 Å². The maximum atomic E-state index is 14.1. The molecule has 14 heteroatoms. The molecule has 0 bridgehead atoms. The highest BCUT2D eigenvalue weighted by molar-refractivity contribution is 7.92. The molecule has 11 nitrogen and oxygen atoms in total. The van der Waals surface area contributed by atoms with Crippen molar-refractivity contribution in [3.05, 3.63) is 58.1 Å². The summed E-state index contributed by atoms with van der Waals surface area (Å²) in [6.45, 7) is 1.64. The number of aromatic nitrogens is 5. The summed E-state index contributed by atoms with van der Waals surface area (Å²) < 4.78 is 61.3. The molecule has 0 saturated heterocycles. The van der Waals surface area contributed by atoms with E-state index in [0.717, 1.165) is 12.1 Å². The SMILES string of the molecule is COc1ncc(-c2nc3c(C)nc(N)nc3n(C)c2=O)cc1NS(=O)(=O)c1ccc(F)cc1F. The quantitative estimate of drug-likeness (QED) is 0.427. The van der Waals surface area contributed by atoms with E-state index < -0.39 is 32.1 Å². The molecule has 0 unspecified atom stereocenters. The molecule has 0 amide bonds. The molecule has 4 aromatic rings. The Balaban J connectivity index is 1.86. The molecule has 0 aliphatic heterocycles. The van der Waals surface area contributed by atoms with Gasteiger partial charge >= 0.3 is 0 Å². The van der Waals surface area contributed by atoms with Gasteiger partial charge in [-0.2, -0.15) is 4.98 Å². The van der Waals surface area contributed by atoms with E-state index in [2.05, 4.69) is 24.7 Å². The monoisotopic (exact) mass is 489 g/mol. The first-order chi connectivity index (χ1) is 16.0. The molecular formula is C20H17F2N7O4S. The van der Waals surface area contributed by atoms with Crippen molar-refractivity contribution in [3.63, 3.8) is 0 Å². The number of nitrogens with two attached hydrogens (primary N) is 1. The minimum absolute atomic E-state index is 0.0228. The first kappa shape index (κ1) is 23.0. The van der Waals surface area contributed by atoms with Crippen molar-refractivity contribution in [2.45, 2.75) is 11.8 Å². The van der Waals surface area contributed by atoms with Gasteiger partial charge in [0.1, 0.15) is 33.4 Å². The fraction of sp³-hybridized carbons (Fsp3) is 0.150. The third-order valence-electron chi connectivity index (χ3n) is 4.85. The Morgan fingerprint density at radius 1 is 1.15 bits per heavy atom. The van der Waals surface area contributed by atoms with Gasteiger partial charge in [-0.25, -0.2) is 32.2 Å². The van der Waals surface area contributed by atoms with Crippen LogP contribution in [0.1, 0.15) is 5.69 Å². The van der Waals surface area contributed by atoms with Crippen LogP contribution in [0.4, 0.5) is 20.4 Å². The second kappa shape index (κ2) is 8.30. The molecule has 34 heavy (non-hydrogen) atoms. The number of nitrogens with one attached hydrogen (secondary N) is 1. The molecule has 0 aliphatic rings. The highest BCUT2D eigenvalue weighted by Gasteiger charge is 2.23. The molecule has 1 aromatic carbocycles. The van der Waals surface area contributed by atoms with Gasteiger partial charge in [0.15, 0.2) is 5.65 Å². The number of nitrogens with zero attached hydrogens (tertiary/aromatic N) is 5. The third-order valence-corrected chi connectivity index (χ3v) is 6.25. The highest BCUT2D eigenvalue weighted by atomic mass is 32.2. The number of hydrogen-bond donors (Lipinski definition) is 2. The van der Waals surface area contributed by atoms with Gasteiger partial charge in [-0.1, -0.05) is 0 Å². The number of anilines is 2. The lowest BCUT2D eigenvalue weighted by molar-refractivity contribution is 0.400. The minimum atomic E-state index is -4.51. The maximum Gasteiger partial charge on any atom is 0.278 e. The zero-order chi connectivity index (χ0) is 24.8. The van der Waals surface area contributed by atoms with Crippen molar-refractivity contribution in [2.24, 2.45) is 7.05 Å². The van der Waals surface area contributed by atoms with Gasteiger partial charge < -0.3 is 10.5 Å². The van der Waals surface area contributed by atoms with Gasteiger partial charge in [-0.05, 0) is 25.1 Å². The van der Waals surface area contributed by atoms with Crippen LogP contribution in [0.2, 0.25) is 0 Å². The van der Waals surface area contributed by atoms with E-state index in [1.165, 1.54) is 31.0 Å². The Labute approximate surface area is 191 Å². The largest absolute Gasteiger partial charge is 0.480 e. The lowest BCUT2D eigenvalue weighted by Gasteiger charge is -2.14. The normalized spacial score (nSPS) is 11.6. The van der Waals surface area contributed by atoms with E-state index in [4.69, 9.17) is 10.5 Å². The third kappa shape index (κ3) is 3.98. The molecular weight excluding hydrogens is 472 g/mol. The summed E-state index contributed by atoms with van der Waals surface area (Å²) in [5.41, 5.74) is 5.92. The summed E-state index contributed by atoms with van der Waals surface area (Å²) >= 11 is 0. The molecule has 0 atom stereocenters. The number of sulfonamides is 1. The van der Waals surface area contributed by atoms with E-state index in [0.29, 0.717) is 17.3 Å². The fourth-order valence-electron chi connectivity index (χ4n) is 3.25. The van der Waals surface area contributed by atoms with Gasteiger partial charge in [-0.15, -0.1) is 0 Å². The molecule has 0 radical (unpaired) electrons. The van der Waals surface area contributed by atoms with Crippen LogP contribution in [-0.4, -0.2) is 40.0 Å². The number of methoxy groups -OCH3 is 1. The summed E-state index contributed by atoms with van der Waals surface area (Å²) in [6.07, 6.45) is 1.26. The Morgan fingerprint density at radius 3 is 2.56 bits per heavy atom. The average molecular weight is 489 g/mol. The first-order valence-corrected chi connectivity index (χ1v) is 11.0. The summed E-state index contributed by atoms with van der Waals surface area (Å²) in [5.74, 6) is -2.39. The molecule has 0 saturated carbocycles. The van der Waals surface area contributed by atoms with Crippen molar-refractivity contribution >= 4 is 32.8 Å². The average Bonchev–Trinajstić information content (AvgIpc) is 2.76. The van der Waals surface area contributed by atoms with Crippen molar-refractivity contribution in [2.75, 3.05) is 17.6 Å². The van der Waals surface area contributed by atoms with Crippen LogP contribution in [-0.2, 0) is 17.1 Å². The first-order valence-electron chi connectivity index (χ1n) is 9.55. The van der Waals surface area contributed by atoms with Crippen molar-refractivity contribution in [1.82, 2.24) is 24.5 Å². The van der Waals surface area contributed by atoms with E-state index in [1.54, 1.807) is 6.92 Å². The Kier molecular flexibility index (Phi) is 5.61. The zero-order valence-electron chi connectivity index (χ0n) is 18.0. The summed E-state index contributed by atoms with van der Waals surface area (Å²) in [4.78, 5) is 28.7. The molecule has 0 fully saturated rings. The number of nitrogen functional groups attached to an aromatic ring is 1. The minimum Gasteiger partial charge on any atom is -0.480 e. The Hall–Kier alpha value is -4.20. The molecule has 176 valence electrons. The molecule has 0 aliphatic carbocycles. The molecule has 3 heterocycles. The van der Waals surface area contributed by atoms with Crippen LogP contribution in [0, 0.1) is 18.6 Å². The lowest BCUT2D eigenvalue weighted by Crippen LogP contribution is -2.23. The highest BCUT2D eigenvalue weighted by Crippen LogP contribution is 2.30.